The van der Waals surface area contributed by atoms with Crippen LogP contribution in [0.25, 0.3) is 0 Å². The molecule has 5 nitrogen and oxygen atoms in total. The highest BCUT2D eigenvalue weighted by molar-refractivity contribution is 7.90. The monoisotopic (exact) mass is 277 g/mol. The molecule has 1 heterocycles. The van der Waals surface area contributed by atoms with Gasteiger partial charge in [-0.1, -0.05) is 11.6 Å². The lowest BCUT2D eigenvalue weighted by molar-refractivity contribution is 0.601. The first-order chi connectivity index (χ1) is 7.83. The Labute approximate surface area is 107 Å². The summed E-state index contributed by atoms with van der Waals surface area (Å²) in [6.07, 6.45) is 2.84. The Morgan fingerprint density at radius 1 is 1.53 bits per heavy atom. The van der Waals surface area contributed by atoms with Crippen molar-refractivity contribution in [2.75, 3.05) is 30.5 Å². The van der Waals surface area contributed by atoms with E-state index in [1.54, 1.807) is 24.2 Å². The van der Waals surface area contributed by atoms with Gasteiger partial charge < -0.3 is 10.6 Å². The maximum absolute atomic E-state index is 11.1. The lowest BCUT2D eigenvalue weighted by atomic mass is 10.3. The van der Waals surface area contributed by atoms with Crippen molar-refractivity contribution in [3.63, 3.8) is 0 Å². The van der Waals surface area contributed by atoms with Gasteiger partial charge in [0.25, 0.3) is 0 Å². The molecule has 96 valence electrons. The van der Waals surface area contributed by atoms with E-state index in [0.29, 0.717) is 23.9 Å². The molecule has 0 aliphatic carbocycles. The van der Waals surface area contributed by atoms with E-state index in [-0.39, 0.29) is 5.75 Å². The number of nitrogens with two attached hydrogens (primary N) is 1. The molecule has 1 aromatic rings. The third-order valence-corrected chi connectivity index (χ3v) is 3.48. The van der Waals surface area contributed by atoms with Crippen LogP contribution in [0, 0.1) is 0 Å². The highest BCUT2D eigenvalue weighted by Crippen LogP contribution is 2.22. The van der Waals surface area contributed by atoms with Crippen LogP contribution in [0.15, 0.2) is 12.3 Å². The summed E-state index contributed by atoms with van der Waals surface area (Å²) in [5.41, 5.74) is 6.31. The average Bonchev–Trinajstić information content (AvgIpc) is 2.24. The van der Waals surface area contributed by atoms with Crippen molar-refractivity contribution in [2.24, 2.45) is 5.73 Å². The van der Waals surface area contributed by atoms with Crippen LogP contribution in [0.1, 0.15) is 5.56 Å². The fraction of sp³-hybridized carbons (Fsp3) is 0.500. The first kappa shape index (κ1) is 14.2. The smallest absolute Gasteiger partial charge is 0.149 e. The van der Waals surface area contributed by atoms with Gasteiger partial charge in [-0.25, -0.2) is 13.4 Å². The third kappa shape index (κ3) is 4.49. The van der Waals surface area contributed by atoms with Gasteiger partial charge in [-0.05, 0) is 11.6 Å². The van der Waals surface area contributed by atoms with Gasteiger partial charge in [-0.15, -0.1) is 0 Å². The summed E-state index contributed by atoms with van der Waals surface area (Å²) in [4.78, 5) is 5.88. The summed E-state index contributed by atoms with van der Waals surface area (Å²) in [6, 6.07) is 1.74. The highest BCUT2D eigenvalue weighted by atomic mass is 35.5. The van der Waals surface area contributed by atoms with E-state index >= 15 is 0 Å². The van der Waals surface area contributed by atoms with Crippen LogP contribution < -0.4 is 10.6 Å². The van der Waals surface area contributed by atoms with Gasteiger partial charge in [0.05, 0.1) is 10.8 Å². The summed E-state index contributed by atoms with van der Waals surface area (Å²) in [5, 5.41) is 0.476. The zero-order chi connectivity index (χ0) is 13.1. The zero-order valence-electron chi connectivity index (χ0n) is 9.85. The Bertz CT molecular complexity index is 490. The minimum Gasteiger partial charge on any atom is -0.357 e. The maximum Gasteiger partial charge on any atom is 0.149 e. The molecule has 0 unspecified atom stereocenters. The Balaban J connectivity index is 2.79. The number of anilines is 1. The van der Waals surface area contributed by atoms with E-state index in [1.165, 1.54) is 6.26 Å². The number of nitrogens with zero attached hydrogens (tertiary/aromatic N) is 2. The SMILES string of the molecule is CN(CCS(C)(=O)=O)c1ncc(CN)cc1Cl. The molecule has 2 N–H and O–H groups in total. The minimum absolute atomic E-state index is 0.0696. The molecule has 1 aromatic heterocycles. The molecule has 0 saturated carbocycles. The van der Waals surface area contributed by atoms with Crippen molar-refractivity contribution in [2.45, 2.75) is 6.54 Å². The Kier molecular flexibility index (Phi) is 4.73. The van der Waals surface area contributed by atoms with Gasteiger partial charge in [0.2, 0.25) is 0 Å². The van der Waals surface area contributed by atoms with Crippen molar-refractivity contribution >= 4 is 27.3 Å². The number of hydrogen-bond donors (Lipinski definition) is 1. The van der Waals surface area contributed by atoms with E-state index in [2.05, 4.69) is 4.98 Å². The molecule has 7 heteroatoms. The second kappa shape index (κ2) is 5.66. The average molecular weight is 278 g/mol. The van der Waals surface area contributed by atoms with Gasteiger partial charge in [-0.2, -0.15) is 0 Å². The summed E-state index contributed by atoms with van der Waals surface area (Å²) in [7, 11) is -1.23. The van der Waals surface area contributed by atoms with Crippen LogP contribution in [0.4, 0.5) is 5.82 Å². The number of aromatic nitrogens is 1. The predicted molar refractivity (Wildman–Crippen MR) is 70.1 cm³/mol. The third-order valence-electron chi connectivity index (χ3n) is 2.27. The molecule has 0 aliphatic heterocycles. The Morgan fingerprint density at radius 3 is 2.65 bits per heavy atom. The molecule has 0 atom stereocenters. The Hall–Kier alpha value is -0.850. The van der Waals surface area contributed by atoms with Crippen molar-refractivity contribution < 1.29 is 8.42 Å². The summed E-state index contributed by atoms with van der Waals surface area (Å²) in [6.45, 7) is 0.730. The molecular weight excluding hydrogens is 262 g/mol. The molecular formula is C10H16ClN3O2S. The number of sulfone groups is 1. The number of hydrogen-bond acceptors (Lipinski definition) is 5. The van der Waals surface area contributed by atoms with Crippen molar-refractivity contribution in [1.29, 1.82) is 0 Å². The second-order valence-electron chi connectivity index (χ2n) is 3.90. The van der Waals surface area contributed by atoms with Crippen molar-refractivity contribution in [3.8, 4) is 0 Å². The lowest BCUT2D eigenvalue weighted by Gasteiger charge is -2.19. The summed E-state index contributed by atoms with van der Waals surface area (Å²) >= 11 is 6.04. The molecule has 0 spiro atoms. The first-order valence-corrected chi connectivity index (χ1v) is 7.50. The molecule has 0 saturated heterocycles. The molecule has 1 rings (SSSR count). The van der Waals surface area contributed by atoms with Crippen LogP contribution in [0.5, 0.6) is 0 Å². The standard InChI is InChI=1S/C10H16ClN3O2S/c1-14(3-4-17(2,15)16)10-9(11)5-8(6-12)7-13-10/h5,7H,3-4,6,12H2,1-2H3. The highest BCUT2D eigenvalue weighted by Gasteiger charge is 2.11. The number of pyridine rings is 1. The van der Waals surface area contributed by atoms with E-state index in [1.807, 2.05) is 0 Å². The largest absolute Gasteiger partial charge is 0.357 e. The maximum atomic E-state index is 11.1. The topological polar surface area (TPSA) is 76.3 Å². The molecule has 0 aromatic carbocycles. The summed E-state index contributed by atoms with van der Waals surface area (Å²) < 4.78 is 22.1. The normalized spacial score (nSPS) is 11.5. The van der Waals surface area contributed by atoms with Crippen LogP contribution in [0.2, 0.25) is 5.02 Å². The summed E-state index contributed by atoms with van der Waals surface area (Å²) in [5.74, 6) is 0.632. The molecule has 0 bridgehead atoms. The van der Waals surface area contributed by atoms with Crippen LogP contribution >= 0.6 is 11.6 Å². The van der Waals surface area contributed by atoms with Crippen LogP contribution in [-0.2, 0) is 16.4 Å². The van der Waals surface area contributed by atoms with E-state index in [4.69, 9.17) is 17.3 Å². The van der Waals surface area contributed by atoms with E-state index < -0.39 is 9.84 Å². The van der Waals surface area contributed by atoms with Crippen LogP contribution in [0.3, 0.4) is 0 Å². The number of halogens is 1. The van der Waals surface area contributed by atoms with Gasteiger partial charge in [0, 0.05) is 32.6 Å². The molecule has 0 amide bonds. The van der Waals surface area contributed by atoms with Gasteiger partial charge in [0.15, 0.2) is 0 Å². The zero-order valence-corrected chi connectivity index (χ0v) is 11.4. The van der Waals surface area contributed by atoms with Gasteiger partial charge in [0.1, 0.15) is 15.7 Å². The molecule has 0 aliphatic rings. The van der Waals surface area contributed by atoms with Crippen molar-refractivity contribution in [3.05, 3.63) is 22.8 Å². The van der Waals surface area contributed by atoms with E-state index in [0.717, 1.165) is 5.56 Å². The molecule has 17 heavy (non-hydrogen) atoms. The lowest BCUT2D eigenvalue weighted by Crippen LogP contribution is -2.26. The van der Waals surface area contributed by atoms with Gasteiger partial charge >= 0.3 is 0 Å². The van der Waals surface area contributed by atoms with E-state index in [9.17, 15) is 8.42 Å². The fourth-order valence-corrected chi connectivity index (χ4v) is 2.21. The second-order valence-corrected chi connectivity index (χ2v) is 6.57. The Morgan fingerprint density at radius 2 is 2.18 bits per heavy atom. The number of rotatable bonds is 5. The molecule has 0 radical (unpaired) electrons. The quantitative estimate of drug-likeness (QED) is 0.856. The predicted octanol–water partition coefficient (Wildman–Crippen LogP) is 0.674. The minimum atomic E-state index is -2.99. The molecule has 0 fully saturated rings. The van der Waals surface area contributed by atoms with Crippen LogP contribution in [-0.4, -0.2) is 39.0 Å². The van der Waals surface area contributed by atoms with Crippen molar-refractivity contribution in [1.82, 2.24) is 4.98 Å². The fourth-order valence-electron chi connectivity index (χ4n) is 1.27. The van der Waals surface area contributed by atoms with Gasteiger partial charge in [-0.3, -0.25) is 0 Å². The first-order valence-electron chi connectivity index (χ1n) is 5.07.